The van der Waals surface area contributed by atoms with Gasteiger partial charge in [-0.15, -0.1) is 0 Å². The Morgan fingerprint density at radius 2 is 1.67 bits per heavy atom. The summed E-state index contributed by atoms with van der Waals surface area (Å²) in [7, 11) is 0. The number of nitro benzene ring substituents is 1. The molecule has 0 bridgehead atoms. The van der Waals surface area contributed by atoms with Crippen LogP contribution in [0.4, 0.5) is 5.69 Å². The summed E-state index contributed by atoms with van der Waals surface area (Å²) in [4.78, 5) is 21.7. The molecule has 0 unspecified atom stereocenters. The number of ether oxygens (including phenoxy) is 1. The van der Waals surface area contributed by atoms with E-state index in [4.69, 9.17) is 4.74 Å². The fourth-order valence-electron chi connectivity index (χ4n) is 1.84. The monoisotopic (exact) mass is 285 g/mol. The van der Waals surface area contributed by atoms with E-state index in [0.29, 0.717) is 12.8 Å². The number of hydrogen-bond acceptors (Lipinski definition) is 4. The number of nitro groups is 1. The molecule has 0 aliphatic carbocycles. The maximum absolute atomic E-state index is 11.6. The average molecular weight is 285 g/mol. The number of nitrogens with zero attached hydrogens (tertiary/aromatic N) is 1. The van der Waals surface area contributed by atoms with Crippen molar-refractivity contribution in [3.63, 3.8) is 0 Å². The second kappa shape index (κ2) is 7.19. The van der Waals surface area contributed by atoms with Crippen molar-refractivity contribution in [2.24, 2.45) is 0 Å². The molecule has 0 aliphatic rings. The smallest absolute Gasteiger partial charge is 0.306 e. The van der Waals surface area contributed by atoms with E-state index in [1.54, 1.807) is 12.1 Å². The van der Waals surface area contributed by atoms with Crippen molar-refractivity contribution in [1.82, 2.24) is 0 Å². The molecule has 0 saturated heterocycles. The maximum Gasteiger partial charge on any atom is 0.306 e. The second-order valence-electron chi connectivity index (χ2n) is 4.57. The van der Waals surface area contributed by atoms with E-state index in [-0.39, 0.29) is 18.3 Å². The third-order valence-electron chi connectivity index (χ3n) is 3.01. The van der Waals surface area contributed by atoms with Gasteiger partial charge in [-0.05, 0) is 29.7 Å². The highest BCUT2D eigenvalue weighted by Gasteiger charge is 2.07. The zero-order valence-electron chi connectivity index (χ0n) is 11.4. The highest BCUT2D eigenvalue weighted by Crippen LogP contribution is 2.13. The molecule has 5 nitrogen and oxygen atoms in total. The molecule has 0 spiro atoms. The minimum Gasteiger partial charge on any atom is -0.461 e. The molecule has 0 atom stereocenters. The highest BCUT2D eigenvalue weighted by molar-refractivity contribution is 5.69. The van der Waals surface area contributed by atoms with Crippen LogP contribution in [0.2, 0.25) is 0 Å². The maximum atomic E-state index is 11.6. The SMILES string of the molecule is O=C(CCc1ccccc1)OCc1ccc([N+](=O)[O-])cc1. The van der Waals surface area contributed by atoms with Crippen LogP contribution in [-0.2, 0) is 22.6 Å². The Balaban J connectivity index is 1.77. The first kappa shape index (κ1) is 14.7. The lowest BCUT2D eigenvalue weighted by molar-refractivity contribution is -0.384. The van der Waals surface area contributed by atoms with Gasteiger partial charge in [0.25, 0.3) is 5.69 Å². The minimum atomic E-state index is -0.463. The van der Waals surface area contributed by atoms with E-state index in [0.717, 1.165) is 11.1 Å². The van der Waals surface area contributed by atoms with Gasteiger partial charge in [-0.2, -0.15) is 0 Å². The Bertz CT molecular complexity index is 608. The van der Waals surface area contributed by atoms with E-state index >= 15 is 0 Å². The zero-order chi connectivity index (χ0) is 15.1. The summed E-state index contributed by atoms with van der Waals surface area (Å²) >= 11 is 0. The van der Waals surface area contributed by atoms with Crippen LogP contribution in [-0.4, -0.2) is 10.9 Å². The topological polar surface area (TPSA) is 69.4 Å². The molecule has 0 aliphatic heterocycles. The van der Waals surface area contributed by atoms with Crippen LogP contribution in [0.3, 0.4) is 0 Å². The summed E-state index contributed by atoms with van der Waals surface area (Å²) in [5, 5.41) is 10.5. The van der Waals surface area contributed by atoms with Crippen molar-refractivity contribution in [2.45, 2.75) is 19.4 Å². The Labute approximate surface area is 122 Å². The van der Waals surface area contributed by atoms with Crippen molar-refractivity contribution in [3.05, 3.63) is 75.8 Å². The van der Waals surface area contributed by atoms with Crippen LogP contribution < -0.4 is 0 Å². The molecule has 21 heavy (non-hydrogen) atoms. The summed E-state index contributed by atoms with van der Waals surface area (Å²) in [6.45, 7) is 0.131. The van der Waals surface area contributed by atoms with E-state index in [2.05, 4.69) is 0 Å². The molecule has 0 saturated carbocycles. The fourth-order valence-corrected chi connectivity index (χ4v) is 1.84. The van der Waals surface area contributed by atoms with Crippen molar-refractivity contribution in [2.75, 3.05) is 0 Å². The zero-order valence-corrected chi connectivity index (χ0v) is 11.4. The number of esters is 1. The Hall–Kier alpha value is -2.69. The van der Waals surface area contributed by atoms with Gasteiger partial charge in [-0.3, -0.25) is 14.9 Å². The summed E-state index contributed by atoms with van der Waals surface area (Å²) in [5.74, 6) is -0.280. The largest absolute Gasteiger partial charge is 0.461 e. The van der Waals surface area contributed by atoms with Crippen molar-refractivity contribution >= 4 is 11.7 Å². The number of carbonyl (C=O) groups is 1. The minimum absolute atomic E-state index is 0.0224. The normalized spacial score (nSPS) is 10.1. The first-order chi connectivity index (χ1) is 10.1. The Kier molecular flexibility index (Phi) is 5.04. The van der Waals surface area contributed by atoms with E-state index < -0.39 is 4.92 Å². The van der Waals surface area contributed by atoms with Crippen LogP contribution in [0.1, 0.15) is 17.5 Å². The van der Waals surface area contributed by atoms with Gasteiger partial charge in [-0.25, -0.2) is 0 Å². The number of aryl methyl sites for hydroxylation is 1. The highest BCUT2D eigenvalue weighted by atomic mass is 16.6. The molecule has 0 N–H and O–H groups in total. The summed E-state index contributed by atoms with van der Waals surface area (Å²) in [6.07, 6.45) is 0.955. The molecule has 5 heteroatoms. The van der Waals surface area contributed by atoms with Crippen LogP contribution in [0.25, 0.3) is 0 Å². The predicted octanol–water partition coefficient (Wildman–Crippen LogP) is 3.27. The first-order valence-electron chi connectivity index (χ1n) is 6.58. The molecule has 2 aromatic rings. The number of hydrogen-bond donors (Lipinski definition) is 0. The van der Waals surface area contributed by atoms with Gasteiger partial charge in [0.2, 0.25) is 0 Å². The molecule has 2 aromatic carbocycles. The molecule has 0 radical (unpaired) electrons. The molecule has 0 heterocycles. The molecular weight excluding hydrogens is 270 g/mol. The van der Waals surface area contributed by atoms with Gasteiger partial charge in [0, 0.05) is 18.6 Å². The average Bonchev–Trinajstić information content (AvgIpc) is 2.52. The number of non-ortho nitro benzene ring substituents is 1. The summed E-state index contributed by atoms with van der Waals surface area (Å²) in [6, 6.07) is 15.7. The lowest BCUT2D eigenvalue weighted by atomic mass is 10.1. The van der Waals surface area contributed by atoms with Crippen LogP contribution in [0.15, 0.2) is 54.6 Å². The van der Waals surface area contributed by atoms with Gasteiger partial charge in [0.05, 0.1) is 4.92 Å². The third kappa shape index (κ3) is 4.72. The Morgan fingerprint density at radius 1 is 1.00 bits per heavy atom. The second-order valence-corrected chi connectivity index (χ2v) is 4.57. The number of rotatable bonds is 6. The lowest BCUT2D eigenvalue weighted by Crippen LogP contribution is -2.06. The van der Waals surface area contributed by atoms with Crippen molar-refractivity contribution < 1.29 is 14.5 Å². The first-order valence-corrected chi connectivity index (χ1v) is 6.58. The van der Waals surface area contributed by atoms with Crippen LogP contribution in [0, 0.1) is 10.1 Å². The number of benzene rings is 2. The van der Waals surface area contributed by atoms with Gasteiger partial charge < -0.3 is 4.74 Å². The van der Waals surface area contributed by atoms with Crippen LogP contribution in [0.5, 0.6) is 0 Å². The number of carbonyl (C=O) groups excluding carboxylic acids is 1. The third-order valence-corrected chi connectivity index (χ3v) is 3.01. The Morgan fingerprint density at radius 3 is 2.29 bits per heavy atom. The van der Waals surface area contributed by atoms with E-state index in [9.17, 15) is 14.9 Å². The van der Waals surface area contributed by atoms with Gasteiger partial charge in [-0.1, -0.05) is 30.3 Å². The quantitative estimate of drug-likeness (QED) is 0.464. The van der Waals surface area contributed by atoms with Gasteiger partial charge in [0.15, 0.2) is 0 Å². The molecule has 0 amide bonds. The standard InChI is InChI=1S/C16H15NO4/c18-16(11-8-13-4-2-1-3-5-13)21-12-14-6-9-15(10-7-14)17(19)20/h1-7,9-10H,8,11-12H2. The molecule has 0 aromatic heterocycles. The van der Waals surface area contributed by atoms with Crippen molar-refractivity contribution in [1.29, 1.82) is 0 Å². The fraction of sp³-hybridized carbons (Fsp3) is 0.188. The van der Waals surface area contributed by atoms with E-state index in [1.807, 2.05) is 30.3 Å². The van der Waals surface area contributed by atoms with Gasteiger partial charge >= 0.3 is 5.97 Å². The van der Waals surface area contributed by atoms with Crippen LogP contribution >= 0.6 is 0 Å². The van der Waals surface area contributed by atoms with Crippen molar-refractivity contribution in [3.8, 4) is 0 Å². The summed E-state index contributed by atoms with van der Waals surface area (Å²) in [5.41, 5.74) is 1.84. The van der Waals surface area contributed by atoms with Gasteiger partial charge in [0.1, 0.15) is 6.61 Å². The van der Waals surface area contributed by atoms with E-state index in [1.165, 1.54) is 12.1 Å². The molecular formula is C16H15NO4. The lowest BCUT2D eigenvalue weighted by Gasteiger charge is -2.05. The molecule has 108 valence electrons. The molecule has 0 fully saturated rings. The predicted molar refractivity (Wildman–Crippen MR) is 77.7 cm³/mol. The molecule has 2 rings (SSSR count). The summed E-state index contributed by atoms with van der Waals surface area (Å²) < 4.78 is 5.14.